The fourth-order valence-corrected chi connectivity index (χ4v) is 1.72. The quantitative estimate of drug-likeness (QED) is 0.427. The van der Waals surface area contributed by atoms with E-state index in [1.165, 1.54) is 0 Å². The lowest BCUT2D eigenvalue weighted by molar-refractivity contribution is 2.08. The maximum Gasteiger partial charge on any atom is 0.159 e. The van der Waals surface area contributed by atoms with E-state index < -0.39 is 0 Å². The third kappa shape index (κ3) is 1.03. The van der Waals surface area contributed by atoms with E-state index in [4.69, 9.17) is 0 Å². The Morgan fingerprint density at radius 2 is 2.33 bits per heavy atom. The minimum atomic E-state index is 0.951. The second-order valence-electron chi connectivity index (χ2n) is 0.923. The molecule has 2 radical (unpaired) electrons. The second kappa shape index (κ2) is 2.26. The minimum Gasteiger partial charge on any atom is -0.158 e. The van der Waals surface area contributed by atoms with Crippen LogP contribution in [0.4, 0.5) is 0 Å². The molecule has 0 nitrogen and oxygen atoms in total. The smallest absolute Gasteiger partial charge is 0.158 e. The second-order valence-corrected chi connectivity index (χ2v) is 3.41. The van der Waals surface area contributed by atoms with Crippen LogP contribution in [-0.2, 0) is 0 Å². The first-order valence-corrected chi connectivity index (χ1v) is 4.41. The van der Waals surface area contributed by atoms with Crippen molar-refractivity contribution in [1.82, 2.24) is 0 Å². The summed E-state index contributed by atoms with van der Waals surface area (Å²) in [5.41, 5.74) is 2.17. The van der Waals surface area contributed by atoms with Gasteiger partial charge in [-0.25, -0.2) is 0 Å². The maximum absolute atomic E-state index is 2.17. The van der Waals surface area contributed by atoms with Gasteiger partial charge < -0.3 is 0 Å². The molecular weight excluding hydrogens is 108 g/mol. The Bertz CT molecular complexity index is 73.5. The van der Waals surface area contributed by atoms with Crippen molar-refractivity contribution in [3.05, 3.63) is 23.3 Å². The van der Waals surface area contributed by atoms with Gasteiger partial charge in [-0.2, -0.15) is 11.2 Å². The molecule has 0 unspecified atom stereocenters. The highest BCUT2D eigenvalue weighted by atomic mass is 32.4. The molecular formula is C4H4SSi. The zero-order valence-electron chi connectivity index (χ0n) is 3.22. The van der Waals surface area contributed by atoms with E-state index in [-0.39, 0.29) is 0 Å². The summed E-state index contributed by atoms with van der Waals surface area (Å²) >= 11 is 1.86. The number of rotatable bonds is 0. The van der Waals surface area contributed by atoms with Gasteiger partial charge in [0.1, 0.15) is 0 Å². The normalized spacial score (nSPS) is 18.7. The predicted octanol–water partition coefficient (Wildman–Crippen LogP) is 1.38. The van der Waals surface area contributed by atoms with Gasteiger partial charge in [0, 0.05) is 0 Å². The summed E-state index contributed by atoms with van der Waals surface area (Å²) in [6, 6.07) is 0. The molecule has 6 heavy (non-hydrogen) atoms. The van der Waals surface area contributed by atoms with E-state index in [1.807, 2.05) is 11.2 Å². The van der Waals surface area contributed by atoms with Crippen LogP contribution in [0.2, 0.25) is 0 Å². The molecule has 0 spiro atoms. The van der Waals surface area contributed by atoms with Crippen molar-refractivity contribution < 1.29 is 0 Å². The van der Waals surface area contributed by atoms with Crippen molar-refractivity contribution >= 4 is 19.9 Å². The van der Waals surface area contributed by atoms with E-state index in [0.717, 1.165) is 8.67 Å². The monoisotopic (exact) mass is 112 g/mol. The first kappa shape index (κ1) is 4.21. The molecule has 0 bridgehead atoms. The lowest BCUT2D eigenvalue weighted by Crippen LogP contribution is -1.73. The summed E-state index contributed by atoms with van der Waals surface area (Å²) in [7, 11) is 0.951. The molecule has 0 aromatic rings. The molecule has 0 aliphatic carbocycles. The first-order chi connectivity index (χ1) is 3.00. The molecule has 0 fully saturated rings. The summed E-state index contributed by atoms with van der Waals surface area (Å²) in [6.07, 6.45) is 4.14. The van der Waals surface area contributed by atoms with Crippen LogP contribution < -0.4 is 0 Å². The Kier molecular flexibility index (Phi) is 1.59. The number of allylic oxidation sites excluding steroid dienone is 2. The summed E-state index contributed by atoms with van der Waals surface area (Å²) in [6.45, 7) is 0. The Morgan fingerprint density at radius 1 is 1.33 bits per heavy atom. The molecule has 1 aliphatic heterocycles. The molecule has 1 aliphatic rings. The average molecular weight is 112 g/mol. The molecule has 0 aromatic carbocycles. The third-order valence-electron chi connectivity index (χ3n) is 0.490. The van der Waals surface area contributed by atoms with Crippen molar-refractivity contribution in [3.63, 3.8) is 0 Å². The Labute approximate surface area is 43.8 Å². The van der Waals surface area contributed by atoms with E-state index in [1.54, 1.807) is 0 Å². The van der Waals surface area contributed by atoms with E-state index in [0.29, 0.717) is 0 Å². The van der Waals surface area contributed by atoms with Gasteiger partial charge in [-0.15, -0.1) is 0 Å². The Balaban J connectivity index is 2.46. The van der Waals surface area contributed by atoms with Crippen LogP contribution in [0.5, 0.6) is 0 Å². The third-order valence-corrected chi connectivity index (χ3v) is 2.47. The molecule has 0 saturated heterocycles. The van der Waals surface area contributed by atoms with Crippen molar-refractivity contribution in [1.29, 1.82) is 0 Å². The van der Waals surface area contributed by atoms with Gasteiger partial charge in [0.25, 0.3) is 0 Å². The molecule has 1 heterocycles. The zero-order chi connectivity index (χ0) is 4.24. The topological polar surface area (TPSA) is 0 Å². The van der Waals surface area contributed by atoms with Gasteiger partial charge in [-0.1, -0.05) is 17.9 Å². The van der Waals surface area contributed by atoms with Gasteiger partial charge in [0.05, 0.1) is 0 Å². The summed E-state index contributed by atoms with van der Waals surface area (Å²) in [5, 5.41) is 2.11. The predicted molar refractivity (Wildman–Crippen MR) is 31.6 cm³/mol. The van der Waals surface area contributed by atoms with Crippen molar-refractivity contribution in [2.75, 3.05) is 0 Å². The van der Waals surface area contributed by atoms with Gasteiger partial charge >= 0.3 is 0 Å². The van der Waals surface area contributed by atoms with Gasteiger partial charge in [-0.05, 0) is 5.41 Å². The summed E-state index contributed by atoms with van der Waals surface area (Å²) in [4.78, 5) is 0. The standard InChI is InChI=1S/C4H4SSi/c1-2-4-6-5-3-1/h1-4H. The van der Waals surface area contributed by atoms with Crippen molar-refractivity contribution in [3.8, 4) is 0 Å². The molecule has 0 saturated carbocycles. The molecule has 0 aromatic heterocycles. The lowest BCUT2D eigenvalue weighted by atomic mass is 10.6. The van der Waals surface area contributed by atoms with Gasteiger partial charge in [0.15, 0.2) is 8.67 Å². The van der Waals surface area contributed by atoms with Crippen LogP contribution in [0.15, 0.2) is 23.3 Å². The van der Waals surface area contributed by atoms with Crippen LogP contribution in [0.1, 0.15) is 0 Å². The van der Waals surface area contributed by atoms with Crippen LogP contribution in [0, 0.1) is 0 Å². The highest BCUT2D eigenvalue weighted by molar-refractivity contribution is 8.25. The minimum absolute atomic E-state index is 0.951. The Morgan fingerprint density at radius 3 is 2.50 bits per heavy atom. The lowest BCUT2D eigenvalue weighted by Gasteiger charge is -1.86. The maximum atomic E-state index is 2.17. The van der Waals surface area contributed by atoms with Gasteiger partial charge in [0.2, 0.25) is 0 Å². The Hall–Kier alpha value is 0.0469. The largest absolute Gasteiger partial charge is 0.159 e. The first-order valence-electron chi connectivity index (χ1n) is 1.73. The van der Waals surface area contributed by atoms with Gasteiger partial charge in [-0.3, -0.25) is 0 Å². The highest BCUT2D eigenvalue weighted by Gasteiger charge is 1.80. The summed E-state index contributed by atoms with van der Waals surface area (Å²) < 4.78 is 0. The van der Waals surface area contributed by atoms with Crippen LogP contribution in [0.25, 0.3) is 0 Å². The molecule has 0 amide bonds. The highest BCUT2D eigenvalue weighted by Crippen LogP contribution is 2.03. The SMILES string of the molecule is C1=C[Si]SC=C1. The van der Waals surface area contributed by atoms with E-state index in [9.17, 15) is 0 Å². The van der Waals surface area contributed by atoms with Crippen LogP contribution in [0.3, 0.4) is 0 Å². The van der Waals surface area contributed by atoms with Crippen LogP contribution >= 0.6 is 11.2 Å². The average Bonchev–Trinajstić information content (AvgIpc) is 1.72. The number of hydrogen-bond acceptors (Lipinski definition) is 1. The van der Waals surface area contributed by atoms with E-state index in [2.05, 4.69) is 23.3 Å². The molecule has 30 valence electrons. The molecule has 0 atom stereocenters. The molecule has 1 rings (SSSR count). The number of hydrogen-bond donors (Lipinski definition) is 0. The van der Waals surface area contributed by atoms with Crippen LogP contribution in [-0.4, -0.2) is 8.67 Å². The zero-order valence-corrected chi connectivity index (χ0v) is 5.03. The fourth-order valence-electron chi connectivity index (χ4n) is 0.258. The molecule has 2 heteroatoms. The van der Waals surface area contributed by atoms with E-state index >= 15 is 0 Å². The molecule has 0 N–H and O–H groups in total. The van der Waals surface area contributed by atoms with Crippen molar-refractivity contribution in [2.24, 2.45) is 0 Å². The fraction of sp³-hybridized carbons (Fsp3) is 0. The van der Waals surface area contributed by atoms with Crippen molar-refractivity contribution in [2.45, 2.75) is 0 Å². The summed E-state index contributed by atoms with van der Waals surface area (Å²) in [5.74, 6) is 0.